The van der Waals surface area contributed by atoms with Crippen molar-refractivity contribution in [3.05, 3.63) is 0 Å². The van der Waals surface area contributed by atoms with Gasteiger partial charge in [0.1, 0.15) is 0 Å². The van der Waals surface area contributed by atoms with E-state index in [9.17, 15) is 0 Å². The van der Waals surface area contributed by atoms with Crippen LogP contribution in [0.25, 0.3) is 0 Å². The molecule has 1 fully saturated rings. The van der Waals surface area contributed by atoms with Crippen LogP contribution in [-0.4, -0.2) is 30.7 Å². The number of likely N-dealkylation sites (tertiary alicyclic amines) is 1. The first-order valence-electron chi connectivity index (χ1n) is 6.71. The van der Waals surface area contributed by atoms with Crippen molar-refractivity contribution in [1.29, 1.82) is 0 Å². The first-order valence-corrected chi connectivity index (χ1v) is 6.71. The molecule has 0 spiro atoms. The minimum Gasteiger partial charge on any atom is -0.302 e. The van der Waals surface area contributed by atoms with Crippen LogP contribution in [0.3, 0.4) is 0 Å². The highest BCUT2D eigenvalue weighted by molar-refractivity contribution is 4.72. The second-order valence-corrected chi connectivity index (χ2v) is 5.08. The molecule has 2 heteroatoms. The molecule has 2 unspecified atom stereocenters. The lowest BCUT2D eigenvalue weighted by molar-refractivity contribution is 0.167. The van der Waals surface area contributed by atoms with Crippen molar-refractivity contribution in [2.45, 2.75) is 59.0 Å². The van der Waals surface area contributed by atoms with Crippen LogP contribution in [-0.2, 0) is 0 Å². The zero-order valence-electron chi connectivity index (χ0n) is 10.8. The molecule has 0 saturated carbocycles. The number of nitrogens with one attached hydrogen (secondary N) is 1. The van der Waals surface area contributed by atoms with E-state index in [2.05, 4.69) is 31.0 Å². The van der Waals surface area contributed by atoms with Gasteiger partial charge in [0.05, 0.1) is 6.17 Å². The van der Waals surface area contributed by atoms with Gasteiger partial charge in [-0.15, -0.1) is 0 Å². The lowest BCUT2D eigenvalue weighted by Crippen LogP contribution is -2.45. The number of hydrogen-bond donors (Lipinski definition) is 1. The van der Waals surface area contributed by atoms with Gasteiger partial charge in [-0.25, -0.2) is 0 Å². The molecular weight excluding hydrogens is 184 g/mol. The van der Waals surface area contributed by atoms with Gasteiger partial charge in [-0.2, -0.15) is 0 Å². The Morgan fingerprint density at radius 3 is 2.93 bits per heavy atom. The smallest absolute Gasteiger partial charge is 0.0568 e. The predicted molar refractivity (Wildman–Crippen MR) is 67.0 cm³/mol. The van der Waals surface area contributed by atoms with Crippen molar-refractivity contribution in [2.24, 2.45) is 5.92 Å². The fourth-order valence-corrected chi connectivity index (χ4v) is 2.36. The van der Waals surface area contributed by atoms with E-state index in [0.29, 0.717) is 6.17 Å². The summed E-state index contributed by atoms with van der Waals surface area (Å²) in [5.74, 6) is 0.878. The average Bonchev–Trinajstić information content (AvgIpc) is 2.43. The van der Waals surface area contributed by atoms with Crippen molar-refractivity contribution < 1.29 is 0 Å². The largest absolute Gasteiger partial charge is 0.302 e. The summed E-state index contributed by atoms with van der Waals surface area (Å²) in [6.45, 7) is 10.7. The quantitative estimate of drug-likeness (QED) is 0.705. The second kappa shape index (κ2) is 7.24. The van der Waals surface area contributed by atoms with Crippen LogP contribution >= 0.6 is 0 Å². The van der Waals surface area contributed by atoms with Crippen LogP contribution < -0.4 is 5.32 Å². The van der Waals surface area contributed by atoms with Crippen molar-refractivity contribution in [2.75, 3.05) is 19.6 Å². The summed E-state index contributed by atoms with van der Waals surface area (Å²) >= 11 is 0. The molecule has 0 aromatic carbocycles. The maximum absolute atomic E-state index is 3.63. The minimum absolute atomic E-state index is 0.567. The van der Waals surface area contributed by atoms with Crippen molar-refractivity contribution in [3.8, 4) is 0 Å². The van der Waals surface area contributed by atoms with Crippen LogP contribution in [0.2, 0.25) is 0 Å². The summed E-state index contributed by atoms with van der Waals surface area (Å²) in [5.41, 5.74) is 0. The van der Waals surface area contributed by atoms with Crippen molar-refractivity contribution >= 4 is 0 Å². The van der Waals surface area contributed by atoms with Gasteiger partial charge in [0.2, 0.25) is 0 Å². The molecule has 1 rings (SSSR count). The van der Waals surface area contributed by atoms with Crippen LogP contribution in [0.1, 0.15) is 52.9 Å². The topological polar surface area (TPSA) is 15.3 Å². The lowest BCUT2D eigenvalue weighted by Gasteiger charge is -2.30. The molecule has 1 saturated heterocycles. The molecule has 1 aliphatic heterocycles. The summed E-state index contributed by atoms with van der Waals surface area (Å²) < 4.78 is 0. The number of hydrogen-bond acceptors (Lipinski definition) is 2. The van der Waals surface area contributed by atoms with Gasteiger partial charge in [0.15, 0.2) is 0 Å². The van der Waals surface area contributed by atoms with Crippen LogP contribution in [0, 0.1) is 5.92 Å². The first-order chi connectivity index (χ1) is 7.24. The summed E-state index contributed by atoms with van der Waals surface area (Å²) in [4.78, 5) is 2.62. The Hall–Kier alpha value is -0.0800. The van der Waals surface area contributed by atoms with Gasteiger partial charge in [-0.05, 0) is 45.2 Å². The standard InChI is InChI=1S/C13H28N2/c1-4-5-9-14-13(3)15-10-7-6-8-12(2)11-15/h12-14H,4-11H2,1-3H3. The fourth-order valence-electron chi connectivity index (χ4n) is 2.36. The number of rotatable bonds is 5. The molecule has 1 N–H and O–H groups in total. The molecule has 2 nitrogen and oxygen atoms in total. The highest BCUT2D eigenvalue weighted by Crippen LogP contribution is 2.16. The SMILES string of the molecule is CCCCNC(C)N1CCCCC(C)C1. The molecule has 0 aromatic heterocycles. The van der Waals surface area contributed by atoms with Gasteiger partial charge < -0.3 is 5.32 Å². The monoisotopic (exact) mass is 212 g/mol. The maximum Gasteiger partial charge on any atom is 0.0568 e. The van der Waals surface area contributed by atoms with Crippen LogP contribution in [0.4, 0.5) is 0 Å². The number of unbranched alkanes of at least 4 members (excludes halogenated alkanes) is 1. The molecule has 0 amide bonds. The Labute approximate surface area is 95.4 Å². The molecule has 1 aliphatic rings. The van der Waals surface area contributed by atoms with E-state index < -0.39 is 0 Å². The van der Waals surface area contributed by atoms with E-state index in [1.54, 1.807) is 0 Å². The molecular formula is C13H28N2. The Bertz CT molecular complexity index is 159. The molecule has 15 heavy (non-hydrogen) atoms. The third kappa shape index (κ3) is 4.98. The van der Waals surface area contributed by atoms with E-state index in [4.69, 9.17) is 0 Å². The van der Waals surface area contributed by atoms with Gasteiger partial charge in [0, 0.05) is 6.54 Å². The number of nitrogens with zero attached hydrogens (tertiary/aromatic N) is 1. The Kier molecular flexibility index (Phi) is 6.26. The maximum atomic E-state index is 3.63. The van der Waals surface area contributed by atoms with Gasteiger partial charge in [-0.3, -0.25) is 4.90 Å². The van der Waals surface area contributed by atoms with E-state index in [0.717, 1.165) is 5.92 Å². The van der Waals surface area contributed by atoms with Crippen molar-refractivity contribution in [3.63, 3.8) is 0 Å². The molecule has 0 bridgehead atoms. The zero-order chi connectivity index (χ0) is 11.1. The third-order valence-corrected chi connectivity index (χ3v) is 3.46. The summed E-state index contributed by atoms with van der Waals surface area (Å²) in [7, 11) is 0. The summed E-state index contributed by atoms with van der Waals surface area (Å²) in [6.07, 6.45) is 7.36. The van der Waals surface area contributed by atoms with Crippen LogP contribution in [0.15, 0.2) is 0 Å². The summed E-state index contributed by atoms with van der Waals surface area (Å²) in [6, 6.07) is 0. The molecule has 0 radical (unpaired) electrons. The average molecular weight is 212 g/mol. The van der Waals surface area contributed by atoms with E-state index in [1.165, 1.54) is 51.7 Å². The molecule has 1 heterocycles. The zero-order valence-corrected chi connectivity index (χ0v) is 10.8. The highest BCUT2D eigenvalue weighted by atomic mass is 15.3. The lowest BCUT2D eigenvalue weighted by atomic mass is 10.1. The normalized spacial score (nSPS) is 26.2. The predicted octanol–water partition coefficient (Wildman–Crippen LogP) is 2.84. The van der Waals surface area contributed by atoms with E-state index in [-0.39, 0.29) is 0 Å². The van der Waals surface area contributed by atoms with Crippen molar-refractivity contribution in [1.82, 2.24) is 10.2 Å². The summed E-state index contributed by atoms with van der Waals surface area (Å²) in [5, 5.41) is 3.63. The molecule has 0 aliphatic carbocycles. The minimum atomic E-state index is 0.567. The molecule has 2 atom stereocenters. The Morgan fingerprint density at radius 1 is 1.40 bits per heavy atom. The molecule has 90 valence electrons. The van der Waals surface area contributed by atoms with Gasteiger partial charge in [-0.1, -0.05) is 26.7 Å². The Morgan fingerprint density at radius 2 is 2.20 bits per heavy atom. The molecule has 0 aromatic rings. The van der Waals surface area contributed by atoms with E-state index in [1.807, 2.05) is 0 Å². The second-order valence-electron chi connectivity index (χ2n) is 5.08. The highest BCUT2D eigenvalue weighted by Gasteiger charge is 2.18. The first kappa shape index (κ1) is 13.0. The van der Waals surface area contributed by atoms with Crippen LogP contribution in [0.5, 0.6) is 0 Å². The van der Waals surface area contributed by atoms with E-state index >= 15 is 0 Å². The Balaban J connectivity index is 2.26. The van der Waals surface area contributed by atoms with Gasteiger partial charge in [0.25, 0.3) is 0 Å². The van der Waals surface area contributed by atoms with Gasteiger partial charge >= 0.3 is 0 Å². The third-order valence-electron chi connectivity index (χ3n) is 3.46. The fraction of sp³-hybridized carbons (Fsp3) is 1.00.